The molecule has 1 aliphatic rings. The topological polar surface area (TPSA) is 55.8 Å². The van der Waals surface area contributed by atoms with E-state index < -0.39 is 11.8 Å². The smallest absolute Gasteiger partial charge is 0.303 e. The highest BCUT2D eigenvalue weighted by Gasteiger charge is 2.36. The van der Waals surface area contributed by atoms with E-state index in [2.05, 4.69) is 24.3 Å². The highest BCUT2D eigenvalue weighted by Crippen LogP contribution is 2.38. The molecular weight excluding hydrogens is 304 g/mol. The number of aliphatic carboxylic acids is 1. The van der Waals surface area contributed by atoms with Crippen molar-refractivity contribution in [1.29, 1.82) is 0 Å². The van der Waals surface area contributed by atoms with Crippen molar-refractivity contribution < 1.29 is 19.4 Å². The molecule has 0 bridgehead atoms. The van der Waals surface area contributed by atoms with E-state index in [1.165, 1.54) is 5.56 Å². The lowest BCUT2D eigenvalue weighted by atomic mass is 9.91. The number of hydrogen-bond acceptors (Lipinski definition) is 3. The van der Waals surface area contributed by atoms with Gasteiger partial charge in [-0.3, -0.25) is 4.79 Å². The number of unbranched alkanes of at least 4 members (excludes halogenated alkanes) is 2. The molecular formula is C20H28O4. The summed E-state index contributed by atoms with van der Waals surface area (Å²) in [6.07, 6.45) is 8.06. The fourth-order valence-electron chi connectivity index (χ4n) is 2.93. The van der Waals surface area contributed by atoms with Crippen LogP contribution in [0.5, 0.6) is 0 Å². The number of hydrogen-bond donors (Lipinski definition) is 1. The maximum atomic E-state index is 10.5. The number of carbonyl (C=O) groups is 1. The van der Waals surface area contributed by atoms with Crippen LogP contribution >= 0.6 is 0 Å². The summed E-state index contributed by atoms with van der Waals surface area (Å²) in [7, 11) is 0. The third-order valence-electron chi connectivity index (χ3n) is 4.23. The van der Waals surface area contributed by atoms with Gasteiger partial charge in [-0.2, -0.15) is 0 Å². The normalized spacial score (nSPS) is 23.4. The average Bonchev–Trinajstić information content (AvgIpc) is 2.55. The molecule has 132 valence electrons. The van der Waals surface area contributed by atoms with Crippen LogP contribution in [0.2, 0.25) is 0 Å². The Balaban J connectivity index is 1.86. The number of carboxylic acids is 1. The van der Waals surface area contributed by atoms with E-state index in [1.807, 2.05) is 32.0 Å². The highest BCUT2D eigenvalue weighted by atomic mass is 16.7. The van der Waals surface area contributed by atoms with Gasteiger partial charge in [-0.1, -0.05) is 42.5 Å². The predicted molar refractivity (Wildman–Crippen MR) is 93.6 cm³/mol. The van der Waals surface area contributed by atoms with E-state index in [-0.39, 0.29) is 18.4 Å². The minimum absolute atomic E-state index is 0.0339. The van der Waals surface area contributed by atoms with Crippen LogP contribution in [0.1, 0.15) is 57.6 Å². The first-order chi connectivity index (χ1) is 11.5. The standard InChI is InChI=1S/C20H28O4/c1-20(2)23-15-17(13-7-4-3-5-10-14-18(21)22)19(24-20)16-11-8-6-9-12-16/h4,6-9,11-12,17,19H,3,5,10,13-15H2,1-2H3,(H,21,22)/t17-,19-/m1/s1. The van der Waals surface area contributed by atoms with Crippen molar-refractivity contribution in [2.75, 3.05) is 6.61 Å². The minimum atomic E-state index is -0.719. The van der Waals surface area contributed by atoms with Gasteiger partial charge in [0.05, 0.1) is 12.7 Å². The largest absolute Gasteiger partial charge is 0.481 e. The summed E-state index contributed by atoms with van der Waals surface area (Å²) in [5.74, 6) is -0.989. The Morgan fingerprint density at radius 1 is 1.25 bits per heavy atom. The first kappa shape index (κ1) is 18.7. The quantitative estimate of drug-likeness (QED) is 0.553. The molecule has 1 aromatic carbocycles. The zero-order valence-corrected chi connectivity index (χ0v) is 14.6. The number of rotatable bonds is 8. The first-order valence-electron chi connectivity index (χ1n) is 8.71. The second-order valence-corrected chi connectivity index (χ2v) is 6.77. The van der Waals surface area contributed by atoms with Crippen molar-refractivity contribution >= 4 is 5.97 Å². The Labute approximate surface area is 144 Å². The van der Waals surface area contributed by atoms with E-state index in [9.17, 15) is 4.79 Å². The molecule has 1 fully saturated rings. The average molecular weight is 332 g/mol. The predicted octanol–water partition coefficient (Wildman–Crippen LogP) is 4.72. The van der Waals surface area contributed by atoms with Crippen molar-refractivity contribution in [3.8, 4) is 0 Å². The monoisotopic (exact) mass is 332 g/mol. The van der Waals surface area contributed by atoms with E-state index in [0.717, 1.165) is 25.7 Å². The van der Waals surface area contributed by atoms with Gasteiger partial charge in [-0.15, -0.1) is 0 Å². The summed E-state index contributed by atoms with van der Waals surface area (Å²) < 4.78 is 12.0. The summed E-state index contributed by atoms with van der Waals surface area (Å²) in [6.45, 7) is 4.59. The van der Waals surface area contributed by atoms with Gasteiger partial charge in [0.25, 0.3) is 0 Å². The number of benzene rings is 1. The zero-order valence-electron chi connectivity index (χ0n) is 14.6. The van der Waals surface area contributed by atoms with E-state index in [1.54, 1.807) is 0 Å². The highest BCUT2D eigenvalue weighted by molar-refractivity contribution is 5.66. The Morgan fingerprint density at radius 2 is 2.00 bits per heavy atom. The maximum absolute atomic E-state index is 10.5. The Bertz CT molecular complexity index is 536. The summed E-state index contributed by atoms with van der Waals surface area (Å²) in [5, 5.41) is 8.62. The van der Waals surface area contributed by atoms with Gasteiger partial charge in [-0.25, -0.2) is 0 Å². The van der Waals surface area contributed by atoms with Crippen LogP contribution in [-0.4, -0.2) is 23.5 Å². The molecule has 1 saturated heterocycles. The van der Waals surface area contributed by atoms with Gasteiger partial charge in [0.2, 0.25) is 0 Å². The van der Waals surface area contributed by atoms with E-state index in [0.29, 0.717) is 6.61 Å². The van der Waals surface area contributed by atoms with Crippen molar-refractivity contribution in [2.45, 2.75) is 57.8 Å². The van der Waals surface area contributed by atoms with Crippen LogP contribution < -0.4 is 0 Å². The van der Waals surface area contributed by atoms with Crippen molar-refractivity contribution in [3.63, 3.8) is 0 Å². The third kappa shape index (κ3) is 6.10. The summed E-state index contributed by atoms with van der Waals surface area (Å²) in [6, 6.07) is 10.3. The third-order valence-corrected chi connectivity index (χ3v) is 4.23. The molecule has 1 aromatic rings. The lowest BCUT2D eigenvalue weighted by molar-refractivity contribution is -0.295. The number of ether oxygens (including phenoxy) is 2. The molecule has 1 aliphatic heterocycles. The second kappa shape index (κ2) is 9.00. The molecule has 4 nitrogen and oxygen atoms in total. The van der Waals surface area contributed by atoms with Crippen molar-refractivity contribution in [1.82, 2.24) is 0 Å². The lowest BCUT2D eigenvalue weighted by Crippen LogP contribution is -2.41. The SMILES string of the molecule is CC1(C)OC[C@@H](CC=CCCCCC(=O)O)[C@@H](c2ccccc2)O1. The van der Waals surface area contributed by atoms with E-state index >= 15 is 0 Å². The molecule has 0 saturated carbocycles. The Morgan fingerprint density at radius 3 is 2.71 bits per heavy atom. The summed E-state index contributed by atoms with van der Waals surface area (Å²) >= 11 is 0. The first-order valence-corrected chi connectivity index (χ1v) is 8.71. The molecule has 0 amide bonds. The number of allylic oxidation sites excluding steroid dienone is 2. The van der Waals surface area contributed by atoms with Crippen LogP contribution in [0.15, 0.2) is 42.5 Å². The van der Waals surface area contributed by atoms with Crippen LogP contribution in [0, 0.1) is 5.92 Å². The molecule has 2 rings (SSSR count). The Kier molecular flexibility index (Phi) is 7.00. The van der Waals surface area contributed by atoms with Gasteiger partial charge in [-0.05, 0) is 45.1 Å². The maximum Gasteiger partial charge on any atom is 0.303 e. The van der Waals surface area contributed by atoms with Crippen molar-refractivity contribution in [2.24, 2.45) is 5.92 Å². The van der Waals surface area contributed by atoms with Crippen LogP contribution in [0.4, 0.5) is 0 Å². The van der Waals surface area contributed by atoms with Gasteiger partial charge in [0.1, 0.15) is 0 Å². The Hall–Kier alpha value is -1.65. The van der Waals surface area contributed by atoms with Crippen LogP contribution in [0.3, 0.4) is 0 Å². The molecule has 0 radical (unpaired) electrons. The minimum Gasteiger partial charge on any atom is -0.481 e. The lowest BCUT2D eigenvalue weighted by Gasteiger charge is -2.41. The molecule has 0 aromatic heterocycles. The molecule has 0 aliphatic carbocycles. The number of carboxylic acid groups (broad SMARTS) is 1. The molecule has 1 N–H and O–H groups in total. The molecule has 24 heavy (non-hydrogen) atoms. The van der Waals surface area contributed by atoms with Crippen LogP contribution in [0.25, 0.3) is 0 Å². The molecule has 0 unspecified atom stereocenters. The van der Waals surface area contributed by atoms with Gasteiger partial charge >= 0.3 is 5.97 Å². The van der Waals surface area contributed by atoms with Gasteiger partial charge in [0.15, 0.2) is 5.79 Å². The van der Waals surface area contributed by atoms with E-state index in [4.69, 9.17) is 14.6 Å². The van der Waals surface area contributed by atoms with Crippen molar-refractivity contribution in [3.05, 3.63) is 48.0 Å². The van der Waals surface area contributed by atoms with Gasteiger partial charge in [0, 0.05) is 12.3 Å². The molecule has 4 heteroatoms. The molecule has 1 heterocycles. The second-order valence-electron chi connectivity index (χ2n) is 6.77. The fourth-order valence-corrected chi connectivity index (χ4v) is 2.93. The summed E-state index contributed by atoms with van der Waals surface area (Å²) in [4.78, 5) is 10.5. The zero-order chi connectivity index (χ0) is 17.4. The molecule has 2 atom stereocenters. The van der Waals surface area contributed by atoms with Gasteiger partial charge < -0.3 is 14.6 Å². The molecule has 0 spiro atoms. The fraction of sp³-hybridized carbons (Fsp3) is 0.550. The summed E-state index contributed by atoms with van der Waals surface area (Å²) in [5.41, 5.74) is 1.19. The van der Waals surface area contributed by atoms with Crippen LogP contribution in [-0.2, 0) is 14.3 Å².